The second-order valence-electron chi connectivity index (χ2n) is 5.70. The van der Waals surface area contributed by atoms with E-state index in [1.54, 1.807) is 5.48 Å². The molecule has 2 rings (SSSR count). The molecule has 1 aliphatic rings. The molecule has 1 aliphatic heterocycles. The van der Waals surface area contributed by atoms with Crippen LogP contribution in [0.5, 0.6) is 0 Å². The maximum absolute atomic E-state index is 11.4. The van der Waals surface area contributed by atoms with Crippen LogP contribution in [-0.4, -0.2) is 66.5 Å². The lowest BCUT2D eigenvalue weighted by Gasteiger charge is -2.40. The molecule has 1 heterocycles. The monoisotopic (exact) mass is 375 g/mol. The first-order valence-electron chi connectivity index (χ1n) is 7.32. The zero-order chi connectivity index (χ0) is 19.8. The number of rotatable bonds is 5. The predicted octanol–water partition coefficient (Wildman–Crippen LogP) is -0.873. The molecule has 0 aromatic heterocycles. The van der Waals surface area contributed by atoms with Gasteiger partial charge >= 0.3 is 0 Å². The van der Waals surface area contributed by atoms with Gasteiger partial charge in [-0.2, -0.15) is 0 Å². The summed E-state index contributed by atoms with van der Waals surface area (Å²) in [6, 6.07) is 0.632. The van der Waals surface area contributed by atoms with Gasteiger partial charge in [-0.3, -0.25) is 30.9 Å². The molecule has 26 heavy (non-hydrogen) atoms. The number of anilines is 1. The average molecular weight is 375 g/mol. The van der Waals surface area contributed by atoms with Gasteiger partial charge in [0.15, 0.2) is 0 Å². The highest BCUT2D eigenvalue weighted by atomic mass is 16.6. The van der Waals surface area contributed by atoms with Gasteiger partial charge in [-0.25, -0.2) is 0 Å². The Labute approximate surface area is 145 Å². The molecule has 0 amide bonds. The van der Waals surface area contributed by atoms with Crippen LogP contribution >= 0.6 is 0 Å². The molecule has 13 nitrogen and oxygen atoms in total. The largest absolute Gasteiger partial charge is 0.394 e. The van der Waals surface area contributed by atoms with E-state index in [9.17, 15) is 45.9 Å². The molecule has 5 atom stereocenters. The number of aliphatic hydroxyl groups excluding tert-OH is 4. The molecule has 1 aromatic rings. The van der Waals surface area contributed by atoms with Crippen molar-refractivity contribution in [2.75, 3.05) is 12.1 Å². The lowest BCUT2D eigenvalue weighted by atomic mass is 9.88. The van der Waals surface area contributed by atoms with E-state index in [2.05, 4.69) is 0 Å². The van der Waals surface area contributed by atoms with Gasteiger partial charge in [-0.05, 0) is 6.92 Å². The topological polar surface area (TPSA) is 209 Å². The van der Waals surface area contributed by atoms with Crippen molar-refractivity contribution in [2.24, 2.45) is 0 Å². The van der Waals surface area contributed by atoms with Crippen LogP contribution in [0.15, 0.2) is 6.07 Å². The van der Waals surface area contributed by atoms with Crippen molar-refractivity contribution in [1.29, 1.82) is 0 Å². The zero-order valence-corrected chi connectivity index (χ0v) is 13.3. The Hall–Kier alpha value is -2.42. The highest BCUT2D eigenvalue weighted by Gasteiger charge is 2.47. The molecule has 0 saturated carbocycles. The molecule has 1 saturated heterocycles. The minimum Gasteiger partial charge on any atom is -0.394 e. The SMILES string of the molecule is Cc1c([N+](=O)[O-])cc([N+](=O)[O-])c([C@@H]2O[C@H](CO)[C@@H](O)[C@H](O)[C@H]2O)c1NO. The molecular formula is C13H17N3O10. The highest BCUT2D eigenvalue weighted by Crippen LogP contribution is 2.44. The summed E-state index contributed by atoms with van der Waals surface area (Å²) >= 11 is 0. The van der Waals surface area contributed by atoms with Gasteiger partial charge in [0.25, 0.3) is 11.4 Å². The van der Waals surface area contributed by atoms with Crippen LogP contribution in [0, 0.1) is 27.2 Å². The number of nitro benzene ring substituents is 2. The second-order valence-corrected chi connectivity index (χ2v) is 5.70. The number of hydrogen-bond donors (Lipinski definition) is 6. The van der Waals surface area contributed by atoms with Crippen molar-refractivity contribution in [2.45, 2.75) is 37.4 Å². The van der Waals surface area contributed by atoms with Gasteiger partial charge < -0.3 is 25.2 Å². The lowest BCUT2D eigenvalue weighted by molar-refractivity contribution is -0.395. The normalized spacial score (nSPS) is 28.6. The van der Waals surface area contributed by atoms with Crippen molar-refractivity contribution in [3.8, 4) is 0 Å². The third-order valence-corrected chi connectivity index (χ3v) is 4.26. The van der Waals surface area contributed by atoms with Crippen molar-refractivity contribution in [3.63, 3.8) is 0 Å². The molecule has 13 heteroatoms. The molecule has 0 aliphatic carbocycles. The number of benzene rings is 1. The fraction of sp³-hybridized carbons (Fsp3) is 0.538. The fourth-order valence-electron chi connectivity index (χ4n) is 2.89. The molecule has 0 unspecified atom stereocenters. The van der Waals surface area contributed by atoms with Crippen molar-refractivity contribution in [1.82, 2.24) is 0 Å². The Balaban J connectivity index is 2.72. The van der Waals surface area contributed by atoms with E-state index in [1.165, 1.54) is 6.92 Å². The maximum atomic E-state index is 11.4. The van der Waals surface area contributed by atoms with Crippen LogP contribution < -0.4 is 5.48 Å². The molecule has 1 fully saturated rings. The van der Waals surface area contributed by atoms with Gasteiger partial charge in [-0.15, -0.1) is 0 Å². The summed E-state index contributed by atoms with van der Waals surface area (Å²) in [5.74, 6) is 0. The Morgan fingerprint density at radius 1 is 1.12 bits per heavy atom. The molecular weight excluding hydrogens is 358 g/mol. The van der Waals surface area contributed by atoms with Crippen LogP contribution in [0.25, 0.3) is 0 Å². The summed E-state index contributed by atoms with van der Waals surface area (Å²) in [5.41, 5.74) is -1.02. The Morgan fingerprint density at radius 2 is 1.69 bits per heavy atom. The van der Waals surface area contributed by atoms with E-state index in [4.69, 9.17) is 4.74 Å². The van der Waals surface area contributed by atoms with Crippen LogP contribution in [0.1, 0.15) is 17.2 Å². The molecule has 144 valence electrons. The number of nitro groups is 2. The van der Waals surface area contributed by atoms with Gasteiger partial charge in [0, 0.05) is 0 Å². The molecule has 0 radical (unpaired) electrons. The van der Waals surface area contributed by atoms with E-state index in [0.717, 1.165) is 0 Å². The van der Waals surface area contributed by atoms with Crippen molar-refractivity contribution < 1.29 is 40.2 Å². The predicted molar refractivity (Wildman–Crippen MR) is 82.6 cm³/mol. The first kappa shape index (κ1) is 19.9. The summed E-state index contributed by atoms with van der Waals surface area (Å²) in [7, 11) is 0. The van der Waals surface area contributed by atoms with Crippen molar-refractivity contribution >= 4 is 17.1 Å². The number of aliphatic hydroxyl groups is 4. The third kappa shape index (κ3) is 3.18. The van der Waals surface area contributed by atoms with Crippen LogP contribution in [-0.2, 0) is 4.74 Å². The van der Waals surface area contributed by atoms with Crippen molar-refractivity contribution in [3.05, 3.63) is 37.4 Å². The molecule has 0 bridgehead atoms. The van der Waals surface area contributed by atoms with Gasteiger partial charge in [0.05, 0.1) is 39.3 Å². The highest BCUT2D eigenvalue weighted by molar-refractivity contribution is 5.72. The van der Waals surface area contributed by atoms with Gasteiger partial charge in [0.1, 0.15) is 30.5 Å². The summed E-state index contributed by atoms with van der Waals surface area (Å²) in [6.45, 7) is 0.428. The molecule has 6 N–H and O–H groups in total. The Kier molecular flexibility index (Phi) is 5.70. The van der Waals surface area contributed by atoms with Crippen LogP contribution in [0.3, 0.4) is 0 Å². The summed E-state index contributed by atoms with van der Waals surface area (Å²) in [4.78, 5) is 20.6. The molecule has 1 aromatic carbocycles. The van der Waals surface area contributed by atoms with E-state index < -0.39 is 69.6 Å². The van der Waals surface area contributed by atoms with E-state index in [1.807, 2.05) is 0 Å². The number of nitrogens with zero attached hydrogens (tertiary/aromatic N) is 2. The third-order valence-electron chi connectivity index (χ3n) is 4.26. The quantitative estimate of drug-likeness (QED) is 0.275. The minimum absolute atomic E-state index is 0.185. The van der Waals surface area contributed by atoms with Gasteiger partial charge in [0.2, 0.25) is 0 Å². The summed E-state index contributed by atoms with van der Waals surface area (Å²) < 4.78 is 5.27. The number of nitrogens with one attached hydrogen (secondary N) is 1. The van der Waals surface area contributed by atoms with E-state index in [-0.39, 0.29) is 5.56 Å². The standard InChI is InChI=1S/C13H17N3O10/c1-4-5(15(22)23)2-6(16(24)25)8(9(4)14-21)13-12(20)11(19)10(18)7(3-17)26-13/h2,7,10-14,17-21H,3H2,1H3/t7-,10-,11+,12-,13+/m1/s1. The average Bonchev–Trinajstić information content (AvgIpc) is 2.59. The summed E-state index contributed by atoms with van der Waals surface area (Å²) in [5, 5.41) is 71.0. The Bertz CT molecular complexity index is 725. The smallest absolute Gasteiger partial charge is 0.284 e. The zero-order valence-electron chi connectivity index (χ0n) is 13.3. The second kappa shape index (κ2) is 7.45. The fourth-order valence-corrected chi connectivity index (χ4v) is 2.89. The van der Waals surface area contributed by atoms with Crippen LogP contribution in [0.2, 0.25) is 0 Å². The number of hydrogen-bond acceptors (Lipinski definition) is 11. The Morgan fingerprint density at radius 3 is 2.15 bits per heavy atom. The van der Waals surface area contributed by atoms with Crippen LogP contribution in [0.4, 0.5) is 17.1 Å². The van der Waals surface area contributed by atoms with Gasteiger partial charge in [-0.1, -0.05) is 0 Å². The first-order chi connectivity index (χ1) is 12.1. The first-order valence-corrected chi connectivity index (χ1v) is 7.32. The minimum atomic E-state index is -1.88. The summed E-state index contributed by atoms with van der Waals surface area (Å²) in [6.07, 6.45) is -8.43. The maximum Gasteiger partial charge on any atom is 0.284 e. The van der Waals surface area contributed by atoms with E-state index >= 15 is 0 Å². The number of ether oxygens (including phenoxy) is 1. The molecule has 0 spiro atoms. The lowest BCUT2D eigenvalue weighted by Crippen LogP contribution is -2.55. The van der Waals surface area contributed by atoms with E-state index in [0.29, 0.717) is 6.07 Å².